The van der Waals surface area contributed by atoms with Gasteiger partial charge in [-0.3, -0.25) is 0 Å². The lowest BCUT2D eigenvalue weighted by atomic mass is 10.2. The average Bonchev–Trinajstić information content (AvgIpc) is 2.78. The maximum Gasteiger partial charge on any atom is 0.0485 e. The summed E-state index contributed by atoms with van der Waals surface area (Å²) in [5.41, 5.74) is 2.43. The van der Waals surface area contributed by atoms with Crippen LogP contribution in [-0.4, -0.2) is 11.1 Å². The van der Waals surface area contributed by atoms with Crippen molar-refractivity contribution in [2.75, 3.05) is 6.54 Å². The van der Waals surface area contributed by atoms with E-state index in [1.54, 1.807) is 0 Å². The van der Waals surface area contributed by atoms with E-state index in [1.165, 1.54) is 5.56 Å². The maximum atomic E-state index is 6.21. The van der Waals surface area contributed by atoms with Crippen LogP contribution in [0.3, 0.4) is 0 Å². The van der Waals surface area contributed by atoms with Crippen molar-refractivity contribution in [2.45, 2.75) is 20.0 Å². The molecule has 18 heavy (non-hydrogen) atoms. The summed E-state index contributed by atoms with van der Waals surface area (Å²) in [7, 11) is 0. The predicted octanol–water partition coefficient (Wildman–Crippen LogP) is 4.06. The van der Waals surface area contributed by atoms with Crippen LogP contribution in [0, 0.1) is 0 Å². The summed E-state index contributed by atoms with van der Waals surface area (Å²) in [4.78, 5) is 0. The lowest BCUT2D eigenvalue weighted by molar-refractivity contribution is 0.721. The molecule has 0 radical (unpaired) electrons. The maximum absolute atomic E-state index is 6.21. The molecule has 0 bridgehead atoms. The van der Waals surface area contributed by atoms with Gasteiger partial charge in [-0.25, -0.2) is 0 Å². The van der Waals surface area contributed by atoms with Crippen molar-refractivity contribution in [2.24, 2.45) is 0 Å². The van der Waals surface area contributed by atoms with Gasteiger partial charge in [0.1, 0.15) is 0 Å². The Labute approximate surface area is 121 Å². The predicted molar refractivity (Wildman–Crippen MR) is 80.1 cm³/mol. The monoisotopic (exact) mass is 326 g/mol. The van der Waals surface area contributed by atoms with E-state index >= 15 is 0 Å². The molecule has 2 nitrogen and oxygen atoms in total. The molecule has 0 unspecified atom stereocenters. The molecule has 0 fully saturated rings. The summed E-state index contributed by atoms with van der Waals surface area (Å²) in [6, 6.07) is 8.13. The third kappa shape index (κ3) is 3.61. The zero-order valence-corrected chi connectivity index (χ0v) is 12.6. The largest absolute Gasteiger partial charge is 0.350 e. The molecule has 1 heterocycles. The first-order valence-electron chi connectivity index (χ1n) is 5.98. The van der Waals surface area contributed by atoms with Crippen LogP contribution in [0.5, 0.6) is 0 Å². The summed E-state index contributed by atoms with van der Waals surface area (Å²) in [6.45, 7) is 4.82. The van der Waals surface area contributed by atoms with Crippen molar-refractivity contribution >= 4 is 27.5 Å². The number of hydrogen-bond acceptors (Lipinski definition) is 1. The molecule has 1 aromatic carbocycles. The van der Waals surface area contributed by atoms with Crippen LogP contribution in [0.15, 0.2) is 41.1 Å². The van der Waals surface area contributed by atoms with Crippen molar-refractivity contribution in [3.8, 4) is 0 Å². The summed E-state index contributed by atoms with van der Waals surface area (Å²) in [5, 5.41) is 4.11. The number of nitrogens with zero attached hydrogens (tertiary/aromatic N) is 1. The van der Waals surface area contributed by atoms with Gasteiger partial charge in [0.05, 0.1) is 0 Å². The molecule has 0 aliphatic carbocycles. The van der Waals surface area contributed by atoms with Gasteiger partial charge in [-0.1, -0.05) is 40.5 Å². The van der Waals surface area contributed by atoms with Gasteiger partial charge in [0, 0.05) is 35.0 Å². The fraction of sp³-hybridized carbons (Fsp3) is 0.286. The van der Waals surface area contributed by atoms with Crippen LogP contribution in [0.1, 0.15) is 18.1 Å². The van der Waals surface area contributed by atoms with Gasteiger partial charge in [0.25, 0.3) is 0 Å². The first-order valence-corrected chi connectivity index (χ1v) is 7.15. The highest BCUT2D eigenvalue weighted by atomic mass is 79.9. The molecule has 0 spiro atoms. The number of nitrogens with one attached hydrogen (secondary N) is 1. The fourth-order valence-corrected chi connectivity index (χ4v) is 2.54. The molecule has 0 aliphatic heterocycles. The summed E-state index contributed by atoms with van der Waals surface area (Å²) >= 11 is 9.63. The second-order valence-corrected chi connectivity index (χ2v) is 5.53. The lowest BCUT2D eigenvalue weighted by Gasteiger charge is -2.06. The average molecular weight is 328 g/mol. The van der Waals surface area contributed by atoms with E-state index in [0.29, 0.717) is 0 Å². The molecular formula is C14H16BrClN2. The number of rotatable bonds is 5. The second kappa shape index (κ2) is 6.41. The quantitative estimate of drug-likeness (QED) is 0.876. The molecule has 2 aromatic rings. The van der Waals surface area contributed by atoms with Gasteiger partial charge in [0.2, 0.25) is 0 Å². The Morgan fingerprint density at radius 3 is 2.89 bits per heavy atom. The molecule has 2 rings (SSSR count). The van der Waals surface area contributed by atoms with Crippen molar-refractivity contribution in [1.29, 1.82) is 0 Å². The minimum Gasteiger partial charge on any atom is -0.350 e. The minimum atomic E-state index is 0.798. The third-order valence-corrected chi connectivity index (χ3v) is 3.60. The first-order chi connectivity index (χ1) is 8.69. The highest BCUT2D eigenvalue weighted by molar-refractivity contribution is 9.10. The second-order valence-electron chi connectivity index (χ2n) is 4.21. The molecule has 96 valence electrons. The summed E-state index contributed by atoms with van der Waals surface area (Å²) in [5.74, 6) is 0. The van der Waals surface area contributed by atoms with Crippen LogP contribution in [-0.2, 0) is 13.1 Å². The topological polar surface area (TPSA) is 17.0 Å². The fourth-order valence-electron chi connectivity index (χ4n) is 1.81. The Balaban J connectivity index is 2.06. The van der Waals surface area contributed by atoms with E-state index in [9.17, 15) is 0 Å². The van der Waals surface area contributed by atoms with Gasteiger partial charge in [-0.15, -0.1) is 0 Å². The van der Waals surface area contributed by atoms with Crippen LogP contribution in [0.2, 0.25) is 5.02 Å². The third-order valence-electron chi connectivity index (χ3n) is 2.76. The highest BCUT2D eigenvalue weighted by Crippen LogP contribution is 2.22. The SMILES string of the molecule is CCNCc1ccn(Cc2ccc(Br)cc2Cl)c1. The Kier molecular flexibility index (Phi) is 4.87. The first kappa shape index (κ1) is 13.7. The molecule has 4 heteroatoms. The van der Waals surface area contributed by atoms with Crippen molar-refractivity contribution in [3.63, 3.8) is 0 Å². The van der Waals surface area contributed by atoms with E-state index < -0.39 is 0 Å². The zero-order chi connectivity index (χ0) is 13.0. The molecule has 0 saturated heterocycles. The van der Waals surface area contributed by atoms with Crippen LogP contribution >= 0.6 is 27.5 Å². The zero-order valence-electron chi connectivity index (χ0n) is 10.3. The highest BCUT2D eigenvalue weighted by Gasteiger charge is 2.03. The number of aromatic nitrogens is 1. The molecule has 0 amide bonds. The van der Waals surface area contributed by atoms with Gasteiger partial charge >= 0.3 is 0 Å². The summed E-state index contributed by atoms with van der Waals surface area (Å²) < 4.78 is 3.17. The normalized spacial score (nSPS) is 10.8. The lowest BCUT2D eigenvalue weighted by Crippen LogP contribution is -2.11. The van der Waals surface area contributed by atoms with E-state index in [4.69, 9.17) is 11.6 Å². The Hall–Kier alpha value is -0.770. The molecular weight excluding hydrogens is 312 g/mol. The smallest absolute Gasteiger partial charge is 0.0485 e. The molecule has 0 saturated carbocycles. The van der Waals surface area contributed by atoms with E-state index in [-0.39, 0.29) is 0 Å². The molecule has 1 N–H and O–H groups in total. The Bertz CT molecular complexity index is 522. The number of hydrogen-bond donors (Lipinski definition) is 1. The molecule has 1 aromatic heterocycles. The molecule has 0 aliphatic rings. The van der Waals surface area contributed by atoms with Crippen molar-refractivity contribution in [1.82, 2.24) is 9.88 Å². The standard InChI is InChI=1S/C14H16BrClN2/c1-2-17-8-11-5-6-18(9-11)10-12-3-4-13(15)7-14(12)16/h3-7,9,17H,2,8,10H2,1H3. The summed E-state index contributed by atoms with van der Waals surface area (Å²) in [6.07, 6.45) is 4.24. The molecule has 0 atom stereocenters. The van der Waals surface area contributed by atoms with E-state index in [1.807, 2.05) is 12.1 Å². The van der Waals surface area contributed by atoms with Crippen LogP contribution in [0.4, 0.5) is 0 Å². The van der Waals surface area contributed by atoms with Gasteiger partial charge in [-0.2, -0.15) is 0 Å². The number of halogens is 2. The Morgan fingerprint density at radius 2 is 2.17 bits per heavy atom. The van der Waals surface area contributed by atoms with Crippen LogP contribution in [0.25, 0.3) is 0 Å². The number of benzene rings is 1. The van der Waals surface area contributed by atoms with E-state index in [0.717, 1.165) is 34.7 Å². The van der Waals surface area contributed by atoms with Gasteiger partial charge in [0.15, 0.2) is 0 Å². The Morgan fingerprint density at radius 1 is 1.33 bits per heavy atom. The van der Waals surface area contributed by atoms with Crippen molar-refractivity contribution in [3.05, 3.63) is 57.3 Å². The minimum absolute atomic E-state index is 0.798. The van der Waals surface area contributed by atoms with E-state index in [2.05, 4.69) is 57.3 Å². The van der Waals surface area contributed by atoms with Crippen LogP contribution < -0.4 is 5.32 Å². The van der Waals surface area contributed by atoms with Gasteiger partial charge in [-0.05, 0) is 35.9 Å². The van der Waals surface area contributed by atoms with Gasteiger partial charge < -0.3 is 9.88 Å². The van der Waals surface area contributed by atoms with Crippen molar-refractivity contribution < 1.29 is 0 Å².